The third-order valence-corrected chi connectivity index (χ3v) is 6.52. The van der Waals surface area contributed by atoms with Crippen molar-refractivity contribution in [2.75, 3.05) is 22.4 Å². The first-order valence-electron chi connectivity index (χ1n) is 10.2. The number of anilines is 2. The Kier molecular flexibility index (Phi) is 5.35. The number of carbonyl (C=O) groups is 1. The lowest BCUT2D eigenvalue weighted by Crippen LogP contribution is -2.34. The predicted molar refractivity (Wildman–Crippen MR) is 123 cm³/mol. The molecule has 0 bridgehead atoms. The van der Waals surface area contributed by atoms with Gasteiger partial charge in [0.2, 0.25) is 10.0 Å². The third kappa shape index (κ3) is 4.34. The Morgan fingerprint density at radius 2 is 1.74 bits per heavy atom. The van der Waals surface area contributed by atoms with E-state index in [1.54, 1.807) is 22.9 Å². The standard InChI is InChI=1S/C23H26N4O3S/c1-15-10-16(2)12-20(11-15)27-22(13-17(3)25-27)24-23(28)19-7-8-21-18(14-19)6-5-9-26(21)31(4,29)30/h7-8,10-14H,5-6,9H2,1-4H3,(H,24,28). The number of amides is 1. The highest BCUT2D eigenvalue weighted by atomic mass is 32.2. The molecule has 3 aromatic rings. The van der Waals surface area contributed by atoms with Gasteiger partial charge in [0, 0.05) is 18.2 Å². The van der Waals surface area contributed by atoms with Crippen LogP contribution < -0.4 is 9.62 Å². The van der Waals surface area contributed by atoms with Crippen molar-refractivity contribution in [3.8, 4) is 5.69 Å². The molecular formula is C23H26N4O3S. The van der Waals surface area contributed by atoms with Gasteiger partial charge in [0.1, 0.15) is 5.82 Å². The fraction of sp³-hybridized carbons (Fsp3) is 0.304. The van der Waals surface area contributed by atoms with Crippen molar-refractivity contribution >= 4 is 27.4 Å². The highest BCUT2D eigenvalue weighted by Crippen LogP contribution is 2.30. The van der Waals surface area contributed by atoms with E-state index in [1.165, 1.54) is 10.6 Å². The van der Waals surface area contributed by atoms with Gasteiger partial charge in [0.25, 0.3) is 5.91 Å². The van der Waals surface area contributed by atoms with Gasteiger partial charge in [-0.1, -0.05) is 6.07 Å². The Hall–Kier alpha value is -3.13. The highest BCUT2D eigenvalue weighted by molar-refractivity contribution is 7.92. The van der Waals surface area contributed by atoms with Gasteiger partial charge < -0.3 is 5.32 Å². The summed E-state index contributed by atoms with van der Waals surface area (Å²) in [7, 11) is -3.34. The van der Waals surface area contributed by atoms with Crippen LogP contribution in [0.15, 0.2) is 42.5 Å². The summed E-state index contributed by atoms with van der Waals surface area (Å²) in [6, 6.07) is 13.1. The molecule has 1 aliphatic rings. The number of sulfonamides is 1. The zero-order valence-electron chi connectivity index (χ0n) is 18.1. The Bertz CT molecular complexity index is 1260. The fourth-order valence-electron chi connectivity index (χ4n) is 4.10. The molecular weight excluding hydrogens is 412 g/mol. The molecule has 162 valence electrons. The summed E-state index contributed by atoms with van der Waals surface area (Å²) in [6.07, 6.45) is 2.67. The van der Waals surface area contributed by atoms with Gasteiger partial charge in [-0.3, -0.25) is 9.10 Å². The summed E-state index contributed by atoms with van der Waals surface area (Å²) >= 11 is 0. The van der Waals surface area contributed by atoms with Crippen molar-refractivity contribution in [2.45, 2.75) is 33.6 Å². The summed E-state index contributed by atoms with van der Waals surface area (Å²) < 4.78 is 27.3. The molecule has 2 heterocycles. The lowest BCUT2D eigenvalue weighted by molar-refractivity contribution is 0.102. The number of nitrogens with zero attached hydrogens (tertiary/aromatic N) is 3. The topological polar surface area (TPSA) is 84.3 Å². The number of carbonyl (C=O) groups excluding carboxylic acids is 1. The first-order valence-corrected chi connectivity index (χ1v) is 12.0. The van der Waals surface area contributed by atoms with Crippen LogP contribution in [0.1, 0.15) is 39.2 Å². The second kappa shape index (κ2) is 7.85. The zero-order valence-corrected chi connectivity index (χ0v) is 19.0. The first kappa shape index (κ1) is 21.1. The van der Waals surface area contributed by atoms with Gasteiger partial charge in [-0.25, -0.2) is 13.1 Å². The van der Waals surface area contributed by atoms with Crippen LogP contribution in [-0.2, 0) is 16.4 Å². The molecule has 0 atom stereocenters. The van der Waals surface area contributed by atoms with Crippen molar-refractivity contribution in [1.82, 2.24) is 9.78 Å². The van der Waals surface area contributed by atoms with E-state index in [1.807, 2.05) is 39.0 Å². The first-order chi connectivity index (χ1) is 14.6. The number of hydrogen-bond donors (Lipinski definition) is 1. The molecule has 7 nitrogen and oxygen atoms in total. The van der Waals surface area contributed by atoms with E-state index in [0.717, 1.165) is 40.9 Å². The summed E-state index contributed by atoms with van der Waals surface area (Å²) in [5.74, 6) is 0.327. The number of benzene rings is 2. The minimum Gasteiger partial charge on any atom is -0.306 e. The molecule has 4 rings (SSSR count). The Balaban J connectivity index is 1.64. The van der Waals surface area contributed by atoms with Gasteiger partial charge in [-0.05, 0) is 80.6 Å². The molecule has 1 N–H and O–H groups in total. The van der Waals surface area contributed by atoms with Crippen LogP contribution in [0, 0.1) is 20.8 Å². The summed E-state index contributed by atoms with van der Waals surface area (Å²) in [5, 5.41) is 7.51. The Morgan fingerprint density at radius 1 is 1.03 bits per heavy atom. The molecule has 1 aliphatic heterocycles. The molecule has 1 amide bonds. The van der Waals surface area contributed by atoms with Gasteiger partial charge in [0.05, 0.1) is 23.3 Å². The van der Waals surface area contributed by atoms with E-state index in [4.69, 9.17) is 0 Å². The number of rotatable bonds is 4. The minimum absolute atomic E-state index is 0.259. The molecule has 0 spiro atoms. The molecule has 8 heteroatoms. The maximum Gasteiger partial charge on any atom is 0.256 e. The van der Waals surface area contributed by atoms with E-state index in [2.05, 4.69) is 16.5 Å². The predicted octanol–water partition coefficient (Wildman–Crippen LogP) is 3.76. The molecule has 0 radical (unpaired) electrons. The van der Waals surface area contributed by atoms with E-state index in [-0.39, 0.29) is 5.91 Å². The third-order valence-electron chi connectivity index (χ3n) is 5.34. The van der Waals surface area contributed by atoms with E-state index in [9.17, 15) is 13.2 Å². The highest BCUT2D eigenvalue weighted by Gasteiger charge is 2.25. The monoisotopic (exact) mass is 438 g/mol. The molecule has 0 saturated carbocycles. The zero-order chi connectivity index (χ0) is 22.3. The number of hydrogen-bond acceptors (Lipinski definition) is 4. The molecule has 0 saturated heterocycles. The van der Waals surface area contributed by atoms with Crippen LogP contribution >= 0.6 is 0 Å². The summed E-state index contributed by atoms with van der Waals surface area (Å²) in [4.78, 5) is 13.0. The maximum absolute atomic E-state index is 13.0. The van der Waals surface area contributed by atoms with Gasteiger partial charge in [-0.2, -0.15) is 5.10 Å². The number of nitrogens with one attached hydrogen (secondary N) is 1. The fourth-order valence-corrected chi connectivity index (χ4v) is 5.09. The number of fused-ring (bicyclic) bond motifs is 1. The minimum atomic E-state index is -3.34. The van der Waals surface area contributed by atoms with E-state index >= 15 is 0 Å². The smallest absolute Gasteiger partial charge is 0.256 e. The quantitative estimate of drug-likeness (QED) is 0.672. The Labute approximate surface area is 182 Å². The average Bonchev–Trinajstić information content (AvgIpc) is 3.05. The maximum atomic E-state index is 13.0. The summed E-state index contributed by atoms with van der Waals surface area (Å²) in [5.41, 5.74) is 5.92. The van der Waals surface area contributed by atoms with Crippen molar-refractivity contribution in [3.05, 3.63) is 70.4 Å². The van der Waals surface area contributed by atoms with Crippen molar-refractivity contribution in [1.29, 1.82) is 0 Å². The van der Waals surface area contributed by atoms with Crippen LogP contribution in [0.2, 0.25) is 0 Å². The van der Waals surface area contributed by atoms with E-state index in [0.29, 0.717) is 23.6 Å². The largest absolute Gasteiger partial charge is 0.306 e. The number of aromatic nitrogens is 2. The second-order valence-corrected chi connectivity index (χ2v) is 10.1. The van der Waals surface area contributed by atoms with Crippen LogP contribution in [-0.4, -0.2) is 36.9 Å². The van der Waals surface area contributed by atoms with Gasteiger partial charge in [-0.15, -0.1) is 0 Å². The van der Waals surface area contributed by atoms with Crippen LogP contribution in [0.4, 0.5) is 11.5 Å². The van der Waals surface area contributed by atoms with Crippen LogP contribution in [0.3, 0.4) is 0 Å². The molecule has 0 unspecified atom stereocenters. The summed E-state index contributed by atoms with van der Waals surface area (Å²) in [6.45, 7) is 6.40. The van der Waals surface area contributed by atoms with Crippen molar-refractivity contribution < 1.29 is 13.2 Å². The number of aryl methyl sites for hydroxylation is 4. The normalized spacial score (nSPS) is 13.7. The van der Waals surface area contributed by atoms with E-state index < -0.39 is 10.0 Å². The van der Waals surface area contributed by atoms with Crippen LogP contribution in [0.25, 0.3) is 5.69 Å². The van der Waals surface area contributed by atoms with Gasteiger partial charge in [0.15, 0.2) is 0 Å². The molecule has 0 aliphatic carbocycles. The lowest BCUT2D eigenvalue weighted by atomic mass is 10.0. The van der Waals surface area contributed by atoms with Crippen molar-refractivity contribution in [2.24, 2.45) is 0 Å². The van der Waals surface area contributed by atoms with Crippen molar-refractivity contribution in [3.63, 3.8) is 0 Å². The average molecular weight is 439 g/mol. The molecule has 2 aromatic carbocycles. The van der Waals surface area contributed by atoms with Gasteiger partial charge >= 0.3 is 0 Å². The van der Waals surface area contributed by atoms with Crippen LogP contribution in [0.5, 0.6) is 0 Å². The molecule has 31 heavy (non-hydrogen) atoms. The second-order valence-electron chi connectivity index (χ2n) is 8.16. The Morgan fingerprint density at radius 3 is 2.42 bits per heavy atom. The molecule has 0 fully saturated rings. The molecule has 1 aromatic heterocycles. The lowest BCUT2D eigenvalue weighted by Gasteiger charge is -2.29. The SMILES string of the molecule is Cc1cc(C)cc(-n2nc(C)cc2NC(=O)c2ccc3c(c2)CCCN3S(C)(=O)=O)c1.